The zero-order valence-corrected chi connectivity index (χ0v) is 15.9. The fourth-order valence-corrected chi connectivity index (χ4v) is 5.27. The molecule has 2 bridgehead atoms. The van der Waals surface area contributed by atoms with Gasteiger partial charge in [-0.15, -0.1) is 11.3 Å². The molecule has 27 heavy (non-hydrogen) atoms. The molecule has 3 aliphatic rings. The summed E-state index contributed by atoms with van der Waals surface area (Å²) in [5, 5.41) is 13.1. The third-order valence-corrected chi connectivity index (χ3v) is 6.75. The molecule has 0 radical (unpaired) electrons. The summed E-state index contributed by atoms with van der Waals surface area (Å²) >= 11 is 1.47. The Bertz CT molecular complexity index is 890. The molecule has 0 saturated heterocycles. The van der Waals surface area contributed by atoms with Gasteiger partial charge in [-0.05, 0) is 31.1 Å². The van der Waals surface area contributed by atoms with E-state index in [4.69, 9.17) is 0 Å². The van der Waals surface area contributed by atoms with Gasteiger partial charge < -0.3 is 10.4 Å². The van der Waals surface area contributed by atoms with Gasteiger partial charge in [0.15, 0.2) is 5.13 Å². The SMILES string of the molecule is CCc1sc(NC(=O)C2C3C=CC(CC3)C2C(=O)O)nc1-c1ccccc1. The number of carbonyl (C=O) groups is 2. The highest BCUT2D eigenvalue weighted by Crippen LogP contribution is 2.45. The maximum absolute atomic E-state index is 13.0. The number of anilines is 1. The summed E-state index contributed by atoms with van der Waals surface area (Å²) in [6.07, 6.45) is 6.54. The van der Waals surface area contributed by atoms with Crippen molar-refractivity contribution in [2.45, 2.75) is 26.2 Å². The van der Waals surface area contributed by atoms with Crippen LogP contribution in [0.15, 0.2) is 42.5 Å². The van der Waals surface area contributed by atoms with Gasteiger partial charge in [-0.2, -0.15) is 0 Å². The number of carboxylic acid groups (broad SMARTS) is 1. The predicted octanol–water partition coefficient (Wildman–Crippen LogP) is 4.22. The molecule has 0 spiro atoms. The third kappa shape index (κ3) is 3.30. The lowest BCUT2D eigenvalue weighted by Crippen LogP contribution is -2.47. The average Bonchev–Trinajstić information content (AvgIpc) is 3.11. The highest BCUT2D eigenvalue weighted by molar-refractivity contribution is 7.16. The first-order valence-electron chi connectivity index (χ1n) is 9.35. The maximum atomic E-state index is 13.0. The van der Waals surface area contributed by atoms with Crippen LogP contribution in [0.4, 0.5) is 5.13 Å². The Kier molecular flexibility index (Phi) is 4.83. The number of thiazole rings is 1. The maximum Gasteiger partial charge on any atom is 0.307 e. The summed E-state index contributed by atoms with van der Waals surface area (Å²) in [6, 6.07) is 9.90. The molecule has 6 heteroatoms. The van der Waals surface area contributed by atoms with Crippen LogP contribution in [0, 0.1) is 23.7 Å². The van der Waals surface area contributed by atoms with E-state index in [2.05, 4.69) is 17.2 Å². The van der Waals surface area contributed by atoms with Crippen molar-refractivity contribution in [2.75, 3.05) is 5.32 Å². The van der Waals surface area contributed by atoms with E-state index in [1.165, 1.54) is 11.3 Å². The second kappa shape index (κ2) is 7.27. The van der Waals surface area contributed by atoms with Crippen molar-refractivity contribution in [1.29, 1.82) is 0 Å². The van der Waals surface area contributed by atoms with Crippen molar-refractivity contribution in [3.8, 4) is 11.3 Å². The van der Waals surface area contributed by atoms with Gasteiger partial charge in [0.1, 0.15) is 0 Å². The van der Waals surface area contributed by atoms with Crippen LogP contribution in [0.1, 0.15) is 24.6 Å². The molecule has 1 heterocycles. The van der Waals surface area contributed by atoms with Crippen molar-refractivity contribution in [1.82, 2.24) is 4.98 Å². The van der Waals surface area contributed by atoms with Crippen LogP contribution in [0.2, 0.25) is 0 Å². The summed E-state index contributed by atoms with van der Waals surface area (Å²) in [5.74, 6) is -2.33. The second-order valence-electron chi connectivity index (χ2n) is 7.18. The summed E-state index contributed by atoms with van der Waals surface area (Å²) in [7, 11) is 0. The predicted molar refractivity (Wildman–Crippen MR) is 106 cm³/mol. The quantitative estimate of drug-likeness (QED) is 0.759. The van der Waals surface area contributed by atoms with Gasteiger partial charge in [0.05, 0.1) is 17.5 Å². The van der Waals surface area contributed by atoms with E-state index in [1.807, 2.05) is 42.5 Å². The Morgan fingerprint density at radius 2 is 1.81 bits per heavy atom. The molecule has 5 nitrogen and oxygen atoms in total. The summed E-state index contributed by atoms with van der Waals surface area (Å²) < 4.78 is 0. The number of carbonyl (C=O) groups excluding carboxylic acids is 1. The minimum absolute atomic E-state index is 0.00435. The Hall–Kier alpha value is -2.47. The number of aromatic nitrogens is 1. The lowest BCUT2D eigenvalue weighted by Gasteiger charge is -2.41. The normalized spacial score (nSPS) is 26.1. The van der Waals surface area contributed by atoms with E-state index in [0.29, 0.717) is 5.13 Å². The number of rotatable bonds is 5. The van der Waals surface area contributed by atoms with E-state index in [0.717, 1.165) is 35.4 Å². The molecule has 2 aromatic rings. The second-order valence-corrected chi connectivity index (χ2v) is 8.26. The first-order valence-corrected chi connectivity index (χ1v) is 10.2. The molecule has 2 N–H and O–H groups in total. The van der Waals surface area contributed by atoms with E-state index < -0.39 is 17.8 Å². The molecule has 140 valence electrons. The van der Waals surface area contributed by atoms with Crippen LogP contribution >= 0.6 is 11.3 Å². The average molecular weight is 382 g/mol. The molecule has 3 aliphatic carbocycles. The summed E-state index contributed by atoms with van der Waals surface area (Å²) in [5.41, 5.74) is 1.91. The highest BCUT2D eigenvalue weighted by Gasteiger charge is 2.48. The number of hydrogen-bond donors (Lipinski definition) is 2. The lowest BCUT2D eigenvalue weighted by atomic mass is 9.62. The van der Waals surface area contributed by atoms with Crippen molar-refractivity contribution >= 4 is 28.3 Å². The molecule has 4 unspecified atom stereocenters. The monoisotopic (exact) mass is 382 g/mol. The van der Waals surface area contributed by atoms with Crippen molar-refractivity contribution in [3.63, 3.8) is 0 Å². The van der Waals surface area contributed by atoms with E-state index >= 15 is 0 Å². The van der Waals surface area contributed by atoms with Gasteiger partial charge in [-0.1, -0.05) is 49.4 Å². The van der Waals surface area contributed by atoms with E-state index in [9.17, 15) is 14.7 Å². The number of hydrogen-bond acceptors (Lipinski definition) is 4. The molecule has 0 aliphatic heterocycles. The van der Waals surface area contributed by atoms with Gasteiger partial charge in [0.25, 0.3) is 0 Å². The topological polar surface area (TPSA) is 79.3 Å². The minimum Gasteiger partial charge on any atom is -0.481 e. The minimum atomic E-state index is -0.882. The van der Waals surface area contributed by atoms with Crippen molar-refractivity contribution in [3.05, 3.63) is 47.4 Å². The molecule has 1 aromatic heterocycles. The summed E-state index contributed by atoms with van der Waals surface area (Å²) in [6.45, 7) is 2.07. The van der Waals surface area contributed by atoms with Crippen LogP contribution < -0.4 is 5.32 Å². The Morgan fingerprint density at radius 3 is 2.41 bits per heavy atom. The zero-order valence-electron chi connectivity index (χ0n) is 15.1. The lowest BCUT2D eigenvalue weighted by molar-refractivity contribution is -0.151. The smallest absolute Gasteiger partial charge is 0.307 e. The molecule has 4 atom stereocenters. The molecule has 1 fully saturated rings. The number of fused-ring (bicyclic) bond motifs is 2. The Labute approximate surface area is 162 Å². The Morgan fingerprint density at radius 1 is 1.15 bits per heavy atom. The van der Waals surface area contributed by atoms with E-state index in [-0.39, 0.29) is 17.7 Å². The molecular weight excluding hydrogens is 360 g/mol. The number of nitrogens with zero attached hydrogens (tertiary/aromatic N) is 1. The first kappa shape index (κ1) is 17.9. The van der Waals surface area contributed by atoms with E-state index in [1.54, 1.807) is 0 Å². The number of benzene rings is 1. The van der Waals surface area contributed by atoms with Gasteiger partial charge in [-0.3, -0.25) is 9.59 Å². The first-order chi connectivity index (χ1) is 13.1. The van der Waals surface area contributed by atoms with Crippen molar-refractivity contribution in [2.24, 2.45) is 23.7 Å². The standard InChI is InChI=1S/C21H22N2O3S/c1-2-15-18(14-6-4-3-5-7-14)22-21(27-15)23-19(24)16-12-8-10-13(11-9-12)17(16)20(25)26/h3-8,10,12-13,16-17H,2,9,11H2,1H3,(H,25,26)(H,22,23,24). The van der Waals surface area contributed by atoms with Gasteiger partial charge in [0.2, 0.25) is 5.91 Å². The number of aryl methyl sites for hydroxylation is 1. The molecule has 1 amide bonds. The number of allylic oxidation sites excluding steroid dienone is 2. The zero-order chi connectivity index (χ0) is 19.0. The fourth-order valence-electron chi connectivity index (χ4n) is 4.34. The number of carboxylic acids is 1. The van der Waals surface area contributed by atoms with Crippen LogP contribution in [0.3, 0.4) is 0 Å². The fraction of sp³-hybridized carbons (Fsp3) is 0.381. The molecule has 1 saturated carbocycles. The number of aliphatic carboxylic acids is 1. The van der Waals surface area contributed by atoms with Gasteiger partial charge in [-0.25, -0.2) is 4.98 Å². The van der Waals surface area contributed by atoms with Crippen LogP contribution in [-0.2, 0) is 16.0 Å². The largest absolute Gasteiger partial charge is 0.481 e. The van der Waals surface area contributed by atoms with Crippen LogP contribution in [-0.4, -0.2) is 22.0 Å². The number of nitrogens with one attached hydrogen (secondary N) is 1. The third-order valence-electron chi connectivity index (χ3n) is 5.63. The molecular formula is C21H22N2O3S. The van der Waals surface area contributed by atoms with Crippen LogP contribution in [0.25, 0.3) is 11.3 Å². The molecule has 5 rings (SSSR count). The Balaban J connectivity index is 1.59. The summed E-state index contributed by atoms with van der Waals surface area (Å²) in [4.78, 5) is 30.5. The molecule has 1 aromatic carbocycles. The van der Waals surface area contributed by atoms with Gasteiger partial charge in [0, 0.05) is 10.4 Å². The van der Waals surface area contributed by atoms with Crippen LogP contribution in [0.5, 0.6) is 0 Å². The van der Waals surface area contributed by atoms with Crippen molar-refractivity contribution < 1.29 is 14.7 Å². The van der Waals surface area contributed by atoms with Gasteiger partial charge >= 0.3 is 5.97 Å². The highest BCUT2D eigenvalue weighted by atomic mass is 32.1. The number of amides is 1.